The van der Waals surface area contributed by atoms with E-state index in [1.807, 2.05) is 0 Å². The zero-order chi connectivity index (χ0) is 19.1. The maximum Gasteiger partial charge on any atom is 0.353 e. The number of hydrogen-bond acceptors (Lipinski definition) is 5. The van der Waals surface area contributed by atoms with Crippen molar-refractivity contribution < 1.29 is 23.1 Å². The summed E-state index contributed by atoms with van der Waals surface area (Å²) >= 11 is 3.29. The van der Waals surface area contributed by atoms with Gasteiger partial charge in [-0.1, -0.05) is 30.3 Å². The van der Waals surface area contributed by atoms with E-state index in [0.29, 0.717) is 19.6 Å². The van der Waals surface area contributed by atoms with E-state index in [1.165, 1.54) is 11.0 Å². The van der Waals surface area contributed by atoms with E-state index in [2.05, 4.69) is 15.9 Å². The number of aromatic carboxylic acids is 1. The second kappa shape index (κ2) is 6.60. The van der Waals surface area contributed by atoms with Crippen LogP contribution in [0, 0.1) is 0 Å². The third-order valence-corrected chi connectivity index (χ3v) is 6.15. The molecule has 9 heteroatoms. The Balaban J connectivity index is 2.29. The zero-order valence-corrected chi connectivity index (χ0v) is 15.9. The smallest absolute Gasteiger partial charge is 0.353 e. The SMILES string of the molecule is CN1C=C(Br)c2cc(C(=O)O)n(S(=O)(=O)Cc3ccccc3)c2C1=C=O. The van der Waals surface area contributed by atoms with E-state index in [9.17, 15) is 23.1 Å². The Morgan fingerprint density at radius 2 is 1.92 bits per heavy atom. The van der Waals surface area contributed by atoms with Crippen molar-refractivity contribution in [2.45, 2.75) is 5.75 Å². The molecule has 1 aromatic carbocycles. The Morgan fingerprint density at radius 1 is 1.27 bits per heavy atom. The number of carbonyl (C=O) groups excluding carboxylic acids is 1. The van der Waals surface area contributed by atoms with Crippen molar-refractivity contribution in [1.29, 1.82) is 0 Å². The molecule has 7 nitrogen and oxygen atoms in total. The zero-order valence-electron chi connectivity index (χ0n) is 13.5. The number of nitrogens with zero attached hydrogens (tertiary/aromatic N) is 2. The molecule has 0 aliphatic carbocycles. The van der Waals surface area contributed by atoms with Gasteiger partial charge >= 0.3 is 5.97 Å². The Labute approximate surface area is 158 Å². The molecule has 3 rings (SSSR count). The van der Waals surface area contributed by atoms with Crippen molar-refractivity contribution in [2.75, 3.05) is 7.05 Å². The molecule has 0 unspecified atom stereocenters. The second-order valence-corrected chi connectivity index (χ2v) is 8.31. The number of halogens is 1. The van der Waals surface area contributed by atoms with Gasteiger partial charge in [-0.25, -0.2) is 22.0 Å². The molecular formula is C17H13BrN2O5S. The van der Waals surface area contributed by atoms with E-state index in [4.69, 9.17) is 0 Å². The van der Waals surface area contributed by atoms with E-state index in [-0.39, 0.29) is 11.4 Å². The van der Waals surface area contributed by atoms with Crippen LogP contribution < -0.4 is 0 Å². The lowest BCUT2D eigenvalue weighted by molar-refractivity contribution is 0.0689. The van der Waals surface area contributed by atoms with E-state index < -0.39 is 27.4 Å². The van der Waals surface area contributed by atoms with Gasteiger partial charge in [0.1, 0.15) is 11.4 Å². The lowest BCUT2D eigenvalue weighted by Gasteiger charge is -2.23. The summed E-state index contributed by atoms with van der Waals surface area (Å²) in [4.78, 5) is 24.5. The highest BCUT2D eigenvalue weighted by atomic mass is 79.9. The van der Waals surface area contributed by atoms with Crippen molar-refractivity contribution in [2.24, 2.45) is 0 Å². The van der Waals surface area contributed by atoms with Gasteiger partial charge in [-0.3, -0.25) is 0 Å². The van der Waals surface area contributed by atoms with Crippen LogP contribution >= 0.6 is 15.9 Å². The number of carboxylic acid groups (broad SMARTS) is 1. The Hall–Kier alpha value is -2.61. The standard InChI is InChI=1S/C17H13BrN2O5S/c1-19-8-13(18)12-7-14(17(22)23)20(16(12)15(19)9-21)26(24,25)10-11-5-3-2-4-6-11/h2-8H,10H2,1H3,(H,22,23). The van der Waals surface area contributed by atoms with Gasteiger partial charge in [0.25, 0.3) is 0 Å². The van der Waals surface area contributed by atoms with Crippen molar-refractivity contribution in [3.63, 3.8) is 0 Å². The lowest BCUT2D eigenvalue weighted by Crippen LogP contribution is -2.25. The van der Waals surface area contributed by atoms with Gasteiger partial charge in [0.05, 0.1) is 5.75 Å². The first-order valence-corrected chi connectivity index (χ1v) is 9.78. The quantitative estimate of drug-likeness (QED) is 0.738. The first-order chi connectivity index (χ1) is 12.3. The van der Waals surface area contributed by atoms with E-state index in [0.717, 1.165) is 0 Å². The Bertz CT molecular complexity index is 1080. The van der Waals surface area contributed by atoms with Crippen molar-refractivity contribution >= 4 is 48.0 Å². The molecule has 1 N–H and O–H groups in total. The summed E-state index contributed by atoms with van der Waals surface area (Å²) in [5, 5.41) is 9.51. The third-order valence-electron chi connectivity index (χ3n) is 3.89. The molecule has 2 heterocycles. The van der Waals surface area contributed by atoms with Gasteiger partial charge in [-0.15, -0.1) is 0 Å². The summed E-state index contributed by atoms with van der Waals surface area (Å²) in [7, 11) is -2.57. The van der Waals surface area contributed by atoms with Crippen molar-refractivity contribution in [3.8, 4) is 0 Å². The summed E-state index contributed by atoms with van der Waals surface area (Å²) in [5.74, 6) is -0.115. The first kappa shape index (κ1) is 18.2. The molecule has 0 bridgehead atoms. The molecule has 0 atom stereocenters. The Morgan fingerprint density at radius 3 is 2.50 bits per heavy atom. The molecular weight excluding hydrogens is 424 g/mol. The minimum Gasteiger partial charge on any atom is -0.477 e. The van der Waals surface area contributed by atoms with Gasteiger partial charge in [0.2, 0.25) is 10.0 Å². The Kier molecular flexibility index (Phi) is 4.62. The normalized spacial score (nSPS) is 13.8. The van der Waals surface area contributed by atoms with Crippen molar-refractivity contribution in [3.05, 3.63) is 65.1 Å². The summed E-state index contributed by atoms with van der Waals surface area (Å²) in [6, 6.07) is 9.63. The fraction of sp³-hybridized carbons (Fsp3) is 0.118. The number of rotatable bonds is 4. The third kappa shape index (κ3) is 3.01. The van der Waals surface area contributed by atoms with Crippen LogP contribution in [0.1, 0.15) is 27.3 Å². The van der Waals surface area contributed by atoms with Crippen LogP contribution in [0.15, 0.2) is 42.6 Å². The summed E-state index contributed by atoms with van der Waals surface area (Å²) < 4.78 is 27.2. The maximum atomic E-state index is 13.0. The molecule has 2 aromatic rings. The van der Waals surface area contributed by atoms with Crippen LogP contribution in [0.4, 0.5) is 0 Å². The predicted molar refractivity (Wildman–Crippen MR) is 99.6 cm³/mol. The minimum absolute atomic E-state index is 0.0230. The molecule has 1 aliphatic rings. The van der Waals surface area contributed by atoms with Crippen LogP contribution in [0.25, 0.3) is 10.2 Å². The van der Waals surface area contributed by atoms with Crippen LogP contribution in [-0.2, 0) is 20.6 Å². The molecule has 1 aliphatic heterocycles. The number of carboxylic acids is 1. The number of hydrogen-bond donors (Lipinski definition) is 1. The van der Waals surface area contributed by atoms with Gasteiger partial charge in [-0.05, 0) is 27.6 Å². The highest BCUT2D eigenvalue weighted by molar-refractivity contribution is 9.15. The fourth-order valence-electron chi connectivity index (χ4n) is 2.78. The number of carbonyl (C=O) groups is 1. The van der Waals surface area contributed by atoms with Gasteiger partial charge in [-0.2, -0.15) is 0 Å². The van der Waals surface area contributed by atoms with Gasteiger partial charge < -0.3 is 10.0 Å². The molecule has 0 amide bonds. The molecule has 134 valence electrons. The number of benzene rings is 1. The summed E-state index contributed by atoms with van der Waals surface area (Å²) in [5.41, 5.74) is 0.272. The van der Waals surface area contributed by atoms with Crippen LogP contribution in [-0.4, -0.2) is 41.4 Å². The molecule has 1 aromatic heterocycles. The average molecular weight is 437 g/mol. The fourth-order valence-corrected chi connectivity index (χ4v) is 5.02. The second-order valence-electron chi connectivity index (χ2n) is 5.64. The summed E-state index contributed by atoms with van der Waals surface area (Å²) in [6.45, 7) is 0. The molecule has 0 spiro atoms. The molecule has 0 saturated heterocycles. The van der Waals surface area contributed by atoms with E-state index in [1.54, 1.807) is 49.5 Å². The number of fused-ring (bicyclic) bond motifs is 1. The monoisotopic (exact) mass is 436 g/mol. The molecule has 0 fully saturated rings. The van der Waals surface area contributed by atoms with Gasteiger partial charge in [0, 0.05) is 23.3 Å². The van der Waals surface area contributed by atoms with Crippen LogP contribution in [0.5, 0.6) is 0 Å². The highest BCUT2D eigenvalue weighted by Crippen LogP contribution is 2.38. The largest absolute Gasteiger partial charge is 0.477 e. The van der Waals surface area contributed by atoms with Gasteiger partial charge in [0.15, 0.2) is 11.6 Å². The topological polar surface area (TPSA) is 96.7 Å². The maximum absolute atomic E-state index is 13.0. The lowest BCUT2D eigenvalue weighted by atomic mass is 10.1. The molecule has 0 radical (unpaired) electrons. The first-order valence-electron chi connectivity index (χ1n) is 7.38. The molecule has 26 heavy (non-hydrogen) atoms. The van der Waals surface area contributed by atoms with Crippen molar-refractivity contribution in [1.82, 2.24) is 8.87 Å². The molecule has 0 saturated carbocycles. The highest BCUT2D eigenvalue weighted by Gasteiger charge is 2.34. The van der Waals surface area contributed by atoms with Crippen LogP contribution in [0.3, 0.4) is 0 Å². The van der Waals surface area contributed by atoms with Crippen LogP contribution in [0.2, 0.25) is 0 Å². The predicted octanol–water partition coefficient (Wildman–Crippen LogP) is 2.38. The average Bonchev–Trinajstić information content (AvgIpc) is 2.98. The summed E-state index contributed by atoms with van der Waals surface area (Å²) in [6.07, 6.45) is 1.54. The number of aromatic nitrogens is 1. The van der Waals surface area contributed by atoms with E-state index >= 15 is 0 Å². The minimum atomic E-state index is -4.12.